The summed E-state index contributed by atoms with van der Waals surface area (Å²) >= 11 is 0. The summed E-state index contributed by atoms with van der Waals surface area (Å²) in [4.78, 5) is 30.7. The smallest absolute Gasteiger partial charge is 0.262 e. The Hall–Kier alpha value is -3.50. The molecule has 2 aliphatic rings. The molecule has 9 nitrogen and oxygen atoms in total. The third-order valence-electron chi connectivity index (χ3n) is 5.81. The number of rotatable bonds is 3. The highest BCUT2D eigenvalue weighted by atomic mass is 32.2. The molecular weight excluding hydrogens is 444 g/mol. The van der Waals surface area contributed by atoms with Crippen molar-refractivity contribution in [1.29, 1.82) is 0 Å². The largest absolute Gasteiger partial charge is 0.482 e. The lowest BCUT2D eigenvalue weighted by atomic mass is 10.1. The van der Waals surface area contributed by atoms with Crippen LogP contribution in [-0.4, -0.2) is 67.2 Å². The molecule has 3 heterocycles. The van der Waals surface area contributed by atoms with Gasteiger partial charge in [0.25, 0.3) is 11.8 Å². The number of nitrogens with zero attached hydrogens (tertiary/aromatic N) is 3. The van der Waals surface area contributed by atoms with Gasteiger partial charge in [-0.15, -0.1) is 0 Å². The highest BCUT2D eigenvalue weighted by Gasteiger charge is 2.32. The number of ether oxygens (including phenoxy) is 1. The number of hydrogen-bond donors (Lipinski definition) is 1. The van der Waals surface area contributed by atoms with E-state index < -0.39 is 10.0 Å². The lowest BCUT2D eigenvalue weighted by molar-refractivity contribution is -0.118. The van der Waals surface area contributed by atoms with Crippen LogP contribution in [0.2, 0.25) is 0 Å². The van der Waals surface area contributed by atoms with Crippen molar-refractivity contribution in [2.45, 2.75) is 11.8 Å². The molecule has 33 heavy (non-hydrogen) atoms. The number of amides is 2. The number of sulfonamides is 1. The van der Waals surface area contributed by atoms with Gasteiger partial charge in [-0.05, 0) is 42.8 Å². The van der Waals surface area contributed by atoms with Crippen molar-refractivity contribution in [2.75, 3.05) is 38.1 Å². The average molecular weight is 467 g/mol. The number of aryl methyl sites for hydroxylation is 1. The van der Waals surface area contributed by atoms with E-state index >= 15 is 0 Å². The Morgan fingerprint density at radius 2 is 1.88 bits per heavy atom. The second-order valence-electron chi connectivity index (χ2n) is 8.08. The van der Waals surface area contributed by atoms with Gasteiger partial charge in [0.05, 0.1) is 11.2 Å². The number of para-hydroxylation sites is 1. The number of aromatic nitrogens is 1. The molecule has 0 radical (unpaired) electrons. The highest BCUT2D eigenvalue weighted by molar-refractivity contribution is 7.89. The van der Waals surface area contributed by atoms with Gasteiger partial charge in [-0.1, -0.05) is 12.1 Å². The Bertz CT molecular complexity index is 1380. The van der Waals surface area contributed by atoms with Crippen molar-refractivity contribution >= 4 is 38.4 Å². The lowest BCUT2D eigenvalue weighted by Gasteiger charge is -2.34. The highest BCUT2D eigenvalue weighted by Crippen LogP contribution is 2.30. The number of piperazine rings is 1. The van der Waals surface area contributed by atoms with Gasteiger partial charge in [-0.2, -0.15) is 4.31 Å². The summed E-state index contributed by atoms with van der Waals surface area (Å²) in [6.07, 6.45) is 1.66. The predicted octanol–water partition coefficient (Wildman–Crippen LogP) is 2.02. The third-order valence-corrected chi connectivity index (χ3v) is 7.74. The van der Waals surface area contributed by atoms with Gasteiger partial charge in [-0.3, -0.25) is 14.6 Å². The molecular formula is C23H22N4O5S. The first-order chi connectivity index (χ1) is 15.8. The maximum absolute atomic E-state index is 13.4. The second kappa shape index (κ2) is 8.13. The molecule has 1 fully saturated rings. The van der Waals surface area contributed by atoms with Crippen molar-refractivity contribution < 1.29 is 22.7 Å². The Kier molecular flexibility index (Phi) is 5.26. The van der Waals surface area contributed by atoms with E-state index in [1.54, 1.807) is 41.4 Å². The number of anilines is 1. The standard InChI is InChI=1S/C23H22N4O5S/c1-15-11-16-3-2-4-20(22(16)24-13-15)33(30,31)27-9-7-26(8-10-27)23(29)17-5-6-19-18(12-17)25-21(28)14-32-19/h2-6,11-13H,7-10,14H2,1H3,(H,25,28). The van der Waals surface area contributed by atoms with E-state index in [2.05, 4.69) is 10.3 Å². The maximum Gasteiger partial charge on any atom is 0.262 e. The Morgan fingerprint density at radius 3 is 2.67 bits per heavy atom. The normalized spacial score (nSPS) is 16.8. The number of nitrogens with one attached hydrogen (secondary N) is 1. The zero-order valence-corrected chi connectivity index (χ0v) is 18.8. The number of carbonyl (C=O) groups is 2. The van der Waals surface area contributed by atoms with Gasteiger partial charge >= 0.3 is 0 Å². The summed E-state index contributed by atoms with van der Waals surface area (Å²) < 4.78 is 33.4. The average Bonchev–Trinajstić information content (AvgIpc) is 2.82. The van der Waals surface area contributed by atoms with E-state index in [4.69, 9.17) is 4.74 Å². The molecule has 0 saturated carbocycles. The van der Waals surface area contributed by atoms with E-state index in [0.29, 0.717) is 22.5 Å². The van der Waals surface area contributed by atoms with Crippen LogP contribution >= 0.6 is 0 Å². The summed E-state index contributed by atoms with van der Waals surface area (Å²) in [5.74, 6) is 0.0157. The van der Waals surface area contributed by atoms with Gasteiger partial charge in [-0.25, -0.2) is 8.42 Å². The molecule has 5 rings (SSSR count). The zero-order chi connectivity index (χ0) is 23.2. The molecule has 3 aromatic rings. The Morgan fingerprint density at radius 1 is 1.09 bits per heavy atom. The van der Waals surface area contributed by atoms with Crippen molar-refractivity contribution in [2.24, 2.45) is 0 Å². The molecule has 0 aliphatic carbocycles. The summed E-state index contributed by atoms with van der Waals surface area (Å²) in [7, 11) is -3.76. The minimum absolute atomic E-state index is 0.0530. The van der Waals surface area contributed by atoms with Crippen LogP contribution in [-0.2, 0) is 14.8 Å². The van der Waals surface area contributed by atoms with Crippen LogP contribution in [0.5, 0.6) is 5.75 Å². The lowest BCUT2D eigenvalue weighted by Crippen LogP contribution is -2.50. The van der Waals surface area contributed by atoms with Crippen LogP contribution in [0.25, 0.3) is 10.9 Å². The minimum Gasteiger partial charge on any atom is -0.482 e. The van der Waals surface area contributed by atoms with Crippen LogP contribution in [0.3, 0.4) is 0 Å². The summed E-state index contributed by atoms with van der Waals surface area (Å²) in [5, 5.41) is 3.46. The molecule has 2 aliphatic heterocycles. The van der Waals surface area contributed by atoms with E-state index in [0.717, 1.165) is 10.9 Å². The SMILES string of the molecule is Cc1cnc2c(S(=O)(=O)N3CCN(C(=O)c4ccc5c(c4)NC(=O)CO5)CC3)cccc2c1. The quantitative estimate of drug-likeness (QED) is 0.633. The summed E-state index contributed by atoms with van der Waals surface area (Å²) in [6.45, 7) is 2.74. The third kappa shape index (κ3) is 3.91. The molecule has 1 N–H and O–H groups in total. The number of pyridine rings is 1. The van der Waals surface area contributed by atoms with Gasteiger partial charge in [0.1, 0.15) is 10.6 Å². The van der Waals surface area contributed by atoms with Crippen LogP contribution in [0, 0.1) is 6.92 Å². The molecule has 2 aromatic carbocycles. The zero-order valence-electron chi connectivity index (χ0n) is 17.9. The first kappa shape index (κ1) is 21.4. The van der Waals surface area contributed by atoms with Crippen LogP contribution < -0.4 is 10.1 Å². The molecule has 0 spiro atoms. The van der Waals surface area contributed by atoms with Gasteiger partial charge in [0.2, 0.25) is 10.0 Å². The van der Waals surface area contributed by atoms with Crippen molar-refractivity contribution in [3.63, 3.8) is 0 Å². The Balaban J connectivity index is 1.33. The van der Waals surface area contributed by atoms with Crippen molar-refractivity contribution in [3.8, 4) is 5.75 Å². The van der Waals surface area contributed by atoms with Crippen molar-refractivity contribution in [1.82, 2.24) is 14.2 Å². The van der Waals surface area contributed by atoms with E-state index in [1.165, 1.54) is 4.31 Å². The molecule has 2 amide bonds. The molecule has 1 saturated heterocycles. The molecule has 1 aromatic heterocycles. The van der Waals surface area contributed by atoms with Gasteiger partial charge < -0.3 is 15.0 Å². The van der Waals surface area contributed by atoms with E-state index in [9.17, 15) is 18.0 Å². The van der Waals surface area contributed by atoms with Gasteiger partial charge in [0.15, 0.2) is 6.61 Å². The fourth-order valence-corrected chi connectivity index (χ4v) is 5.71. The maximum atomic E-state index is 13.4. The Labute approximate surface area is 191 Å². The first-order valence-electron chi connectivity index (χ1n) is 10.5. The fraction of sp³-hybridized carbons (Fsp3) is 0.261. The number of fused-ring (bicyclic) bond motifs is 2. The number of benzene rings is 2. The summed E-state index contributed by atoms with van der Waals surface area (Å²) in [6, 6.07) is 11.9. The molecule has 170 valence electrons. The van der Waals surface area contributed by atoms with E-state index in [1.807, 2.05) is 19.1 Å². The molecule has 0 bridgehead atoms. The summed E-state index contributed by atoms with van der Waals surface area (Å²) in [5.41, 5.74) is 2.26. The second-order valence-corrected chi connectivity index (χ2v) is 9.99. The van der Waals surface area contributed by atoms with Crippen LogP contribution in [0.4, 0.5) is 5.69 Å². The van der Waals surface area contributed by atoms with E-state index in [-0.39, 0.29) is 49.5 Å². The predicted molar refractivity (Wildman–Crippen MR) is 122 cm³/mol. The molecule has 0 unspecified atom stereocenters. The fourth-order valence-electron chi connectivity index (χ4n) is 4.12. The number of hydrogen-bond acceptors (Lipinski definition) is 6. The molecule has 0 atom stereocenters. The topological polar surface area (TPSA) is 109 Å². The number of carbonyl (C=O) groups excluding carboxylic acids is 2. The van der Waals surface area contributed by atoms with Crippen LogP contribution in [0.15, 0.2) is 53.6 Å². The first-order valence-corrected chi connectivity index (χ1v) is 12.0. The van der Waals surface area contributed by atoms with Crippen LogP contribution in [0.1, 0.15) is 15.9 Å². The monoisotopic (exact) mass is 466 g/mol. The molecule has 10 heteroatoms. The van der Waals surface area contributed by atoms with Gasteiger partial charge in [0, 0.05) is 43.3 Å². The minimum atomic E-state index is -3.76. The van der Waals surface area contributed by atoms with Crippen molar-refractivity contribution in [3.05, 3.63) is 59.8 Å².